The first-order valence-corrected chi connectivity index (χ1v) is 19.8. The molecule has 0 bridgehead atoms. The minimum atomic E-state index is 0.699. The number of benzene rings is 8. The third-order valence-electron chi connectivity index (χ3n) is 11.7. The predicted octanol–water partition coefficient (Wildman–Crippen LogP) is 14.1. The largest absolute Gasteiger partial charge is 0.309 e. The van der Waals surface area contributed by atoms with Gasteiger partial charge in [-0.3, -0.25) is 4.57 Å². The first-order chi connectivity index (χ1) is 28.8. The minimum Gasteiger partial charge on any atom is -0.309 e. The summed E-state index contributed by atoms with van der Waals surface area (Å²) in [6.07, 6.45) is 0. The molecule has 0 N–H and O–H groups in total. The number of nitrogens with zero attached hydrogens (tertiary/aromatic N) is 4. The van der Waals surface area contributed by atoms with E-state index in [4.69, 9.17) is 9.97 Å². The van der Waals surface area contributed by atoms with Crippen LogP contribution in [0.4, 0.5) is 0 Å². The summed E-state index contributed by atoms with van der Waals surface area (Å²) in [5.74, 6) is 1.55. The molecule has 58 heavy (non-hydrogen) atoms. The molecule has 0 amide bonds. The molecule has 0 unspecified atom stereocenters. The zero-order valence-electron chi connectivity index (χ0n) is 31.4. The molecule has 12 rings (SSSR count). The summed E-state index contributed by atoms with van der Waals surface area (Å²) >= 11 is 0. The molecule has 4 nitrogen and oxygen atoms in total. The molecule has 12 aromatic rings. The highest BCUT2D eigenvalue weighted by Gasteiger charge is 2.19. The van der Waals surface area contributed by atoms with Crippen molar-refractivity contribution in [2.24, 2.45) is 0 Å². The molecule has 0 fully saturated rings. The average molecular weight is 739 g/mol. The van der Waals surface area contributed by atoms with E-state index in [0.717, 1.165) is 55.2 Å². The zero-order valence-corrected chi connectivity index (χ0v) is 31.4. The maximum absolute atomic E-state index is 5.54. The van der Waals surface area contributed by atoms with Crippen molar-refractivity contribution in [1.29, 1.82) is 0 Å². The Bertz CT molecular complexity index is 3700. The quantitative estimate of drug-likeness (QED) is 0.169. The van der Waals surface area contributed by atoms with Crippen LogP contribution in [-0.2, 0) is 0 Å². The van der Waals surface area contributed by atoms with Crippen molar-refractivity contribution in [2.75, 3.05) is 0 Å². The van der Waals surface area contributed by atoms with Crippen molar-refractivity contribution in [2.45, 2.75) is 0 Å². The van der Waals surface area contributed by atoms with Crippen LogP contribution < -0.4 is 0 Å². The summed E-state index contributed by atoms with van der Waals surface area (Å²) in [5, 5.41) is 12.9. The maximum Gasteiger partial charge on any atom is 0.162 e. The molecule has 3 heterocycles. The molecular weight excluding hydrogens is 705 g/mol. The summed E-state index contributed by atoms with van der Waals surface area (Å²) in [4.78, 5) is 10.8. The highest BCUT2D eigenvalue weighted by atomic mass is 15.1. The van der Waals surface area contributed by atoms with E-state index in [2.05, 4.69) is 215 Å². The SMILES string of the molecule is c1ccc(-n2c3ccccc3c3ccc4ccccc4c32)ccc2c3ccccc3n(-c3nc(-c4cc5ccccc5c5ccccc45)nc4ccccc34)c2cc1. The van der Waals surface area contributed by atoms with Gasteiger partial charge in [0, 0.05) is 43.6 Å². The number of aromatic nitrogens is 4. The smallest absolute Gasteiger partial charge is 0.162 e. The number of hydrogen-bond donors (Lipinski definition) is 0. The van der Waals surface area contributed by atoms with Gasteiger partial charge in [0.25, 0.3) is 0 Å². The molecule has 4 heteroatoms. The predicted molar refractivity (Wildman–Crippen MR) is 244 cm³/mol. The van der Waals surface area contributed by atoms with Crippen LogP contribution in [0.25, 0.3) is 110 Å². The number of para-hydroxylation sites is 3. The first-order valence-electron chi connectivity index (χ1n) is 19.8. The van der Waals surface area contributed by atoms with E-state index in [1.165, 1.54) is 48.7 Å². The second-order valence-electron chi connectivity index (χ2n) is 14.9. The van der Waals surface area contributed by atoms with E-state index >= 15 is 0 Å². The highest BCUT2D eigenvalue weighted by Crippen LogP contribution is 2.39. The Balaban J connectivity index is 1.16. The van der Waals surface area contributed by atoms with Gasteiger partial charge in [-0.15, -0.1) is 0 Å². The first kappa shape index (κ1) is 32.4. The minimum absolute atomic E-state index is 0.699. The molecule has 0 aliphatic rings. The Morgan fingerprint density at radius 1 is 0.310 bits per heavy atom. The van der Waals surface area contributed by atoms with Gasteiger partial charge < -0.3 is 4.57 Å². The molecule has 0 aliphatic heterocycles. The van der Waals surface area contributed by atoms with Crippen molar-refractivity contribution in [3.05, 3.63) is 206 Å². The summed E-state index contributed by atoms with van der Waals surface area (Å²) < 4.78 is 4.76. The van der Waals surface area contributed by atoms with Gasteiger partial charge in [0.15, 0.2) is 5.82 Å². The summed E-state index contributed by atoms with van der Waals surface area (Å²) in [6, 6.07) is 73.8. The molecule has 0 aliphatic carbocycles. The Morgan fingerprint density at radius 3 is 1.64 bits per heavy atom. The molecule has 0 saturated heterocycles. The molecule has 270 valence electrons. The molecule has 0 atom stereocenters. The van der Waals surface area contributed by atoms with E-state index in [1.807, 2.05) is 0 Å². The molecule has 0 spiro atoms. The van der Waals surface area contributed by atoms with Crippen molar-refractivity contribution >= 4 is 86.8 Å². The molecular formula is C54H34N4. The fraction of sp³-hybridized carbons (Fsp3) is 0. The van der Waals surface area contributed by atoms with E-state index in [9.17, 15) is 0 Å². The van der Waals surface area contributed by atoms with Crippen LogP contribution in [0.15, 0.2) is 206 Å². The lowest BCUT2D eigenvalue weighted by Crippen LogP contribution is -2.03. The second-order valence-corrected chi connectivity index (χ2v) is 14.9. The molecule has 0 saturated carbocycles. The Morgan fingerprint density at radius 2 is 0.845 bits per heavy atom. The van der Waals surface area contributed by atoms with E-state index in [-0.39, 0.29) is 0 Å². The van der Waals surface area contributed by atoms with Crippen molar-refractivity contribution < 1.29 is 0 Å². The fourth-order valence-corrected chi connectivity index (χ4v) is 9.18. The number of hydrogen-bond acceptors (Lipinski definition) is 2. The topological polar surface area (TPSA) is 35.6 Å². The normalized spacial score (nSPS) is 11.8. The Hall–Kier alpha value is -7.82. The standard InChI is InChI=1S/C54H34N4/c1-2-18-37(57-49-28-14-12-24-43(49)45-32-30-35-16-4-7-20-39(35)52(45)57)31-33-44-42-23-11-15-29-50(42)58(51(44)27-3-1)54-46-25-10-13-26-48(46)55-53(56-54)47-34-36-17-5-6-19-38(36)40-21-8-9-22-41(40)47/h1-34H. The number of rotatable bonds is 3. The van der Waals surface area contributed by atoms with E-state index in [0.29, 0.717) is 5.82 Å². The zero-order chi connectivity index (χ0) is 38.2. The van der Waals surface area contributed by atoms with Gasteiger partial charge in [-0.2, -0.15) is 0 Å². The third kappa shape index (κ3) is 4.88. The summed E-state index contributed by atoms with van der Waals surface area (Å²) in [5.41, 5.74) is 7.51. The van der Waals surface area contributed by atoms with Crippen LogP contribution >= 0.6 is 0 Å². The number of fused-ring (bicyclic) bond motifs is 12. The van der Waals surface area contributed by atoms with Gasteiger partial charge >= 0.3 is 0 Å². The van der Waals surface area contributed by atoms with Gasteiger partial charge in [-0.1, -0.05) is 158 Å². The lowest BCUT2D eigenvalue weighted by Gasteiger charge is -2.14. The lowest BCUT2D eigenvalue weighted by atomic mass is 9.97. The van der Waals surface area contributed by atoms with E-state index in [1.54, 1.807) is 0 Å². The average Bonchev–Trinajstić information content (AvgIpc) is 3.79. The van der Waals surface area contributed by atoms with Crippen LogP contribution in [0.1, 0.15) is 0 Å². The lowest BCUT2D eigenvalue weighted by molar-refractivity contribution is 1.08. The van der Waals surface area contributed by atoms with Gasteiger partial charge in [-0.05, 0) is 75.5 Å². The highest BCUT2D eigenvalue weighted by molar-refractivity contribution is 6.19. The Kier molecular flexibility index (Phi) is 7.20. The Labute approximate surface area is 333 Å². The molecule has 3 aromatic heterocycles. The van der Waals surface area contributed by atoms with Gasteiger partial charge in [0.05, 0.1) is 27.6 Å². The van der Waals surface area contributed by atoms with Gasteiger partial charge in [-0.25, -0.2) is 9.97 Å². The van der Waals surface area contributed by atoms with Crippen LogP contribution in [0.3, 0.4) is 0 Å². The molecule has 0 radical (unpaired) electrons. The van der Waals surface area contributed by atoms with Crippen molar-refractivity contribution in [3.63, 3.8) is 0 Å². The van der Waals surface area contributed by atoms with Crippen molar-refractivity contribution in [3.8, 4) is 22.9 Å². The van der Waals surface area contributed by atoms with Crippen LogP contribution in [0, 0.1) is 0 Å². The third-order valence-corrected chi connectivity index (χ3v) is 11.7. The van der Waals surface area contributed by atoms with E-state index < -0.39 is 0 Å². The summed E-state index contributed by atoms with van der Waals surface area (Å²) in [7, 11) is 0. The maximum atomic E-state index is 5.54. The van der Waals surface area contributed by atoms with Crippen LogP contribution in [-0.4, -0.2) is 19.1 Å². The van der Waals surface area contributed by atoms with Crippen molar-refractivity contribution in [1.82, 2.24) is 19.1 Å². The fourth-order valence-electron chi connectivity index (χ4n) is 9.18. The second kappa shape index (κ2) is 12.9. The monoisotopic (exact) mass is 738 g/mol. The van der Waals surface area contributed by atoms with Crippen LogP contribution in [0.2, 0.25) is 0 Å². The molecule has 9 aromatic carbocycles. The summed E-state index contributed by atoms with van der Waals surface area (Å²) in [6.45, 7) is 0. The van der Waals surface area contributed by atoms with Crippen LogP contribution in [0.5, 0.6) is 0 Å². The van der Waals surface area contributed by atoms with Gasteiger partial charge in [0.2, 0.25) is 0 Å². The van der Waals surface area contributed by atoms with Gasteiger partial charge in [0.1, 0.15) is 5.82 Å².